The van der Waals surface area contributed by atoms with Gasteiger partial charge in [-0.3, -0.25) is 9.78 Å². The summed E-state index contributed by atoms with van der Waals surface area (Å²) in [5, 5.41) is 14.5. The lowest BCUT2D eigenvalue weighted by Gasteiger charge is -2.20. The van der Waals surface area contributed by atoms with Gasteiger partial charge < -0.3 is 10.4 Å². The van der Waals surface area contributed by atoms with Crippen molar-refractivity contribution in [2.45, 2.75) is 28.7 Å². The Morgan fingerprint density at radius 3 is 2.35 bits per heavy atom. The molecule has 1 aliphatic carbocycles. The molecule has 0 aliphatic heterocycles. The number of ketones is 1. The van der Waals surface area contributed by atoms with Crippen molar-refractivity contribution in [2.75, 3.05) is 5.32 Å². The number of benzene rings is 3. The average Bonchev–Trinajstić information content (AvgIpc) is 3.75. The van der Waals surface area contributed by atoms with Gasteiger partial charge in [0.15, 0.2) is 0 Å². The summed E-state index contributed by atoms with van der Waals surface area (Å²) in [6.07, 6.45) is 3.94. The minimum absolute atomic E-state index is 0.0318. The third-order valence-corrected chi connectivity index (χ3v) is 8.01. The Balaban J connectivity index is 1.34. The molecule has 5 rings (SSSR count). The van der Waals surface area contributed by atoms with Crippen molar-refractivity contribution in [1.29, 1.82) is 0 Å². The predicted octanol–water partition coefficient (Wildman–Crippen LogP) is 8.03. The van der Waals surface area contributed by atoms with E-state index in [0.717, 1.165) is 29.0 Å². The maximum Gasteiger partial charge on any atom is 0.336 e. The summed E-state index contributed by atoms with van der Waals surface area (Å²) < 4.78 is 0. The molecule has 0 spiro atoms. The van der Waals surface area contributed by atoms with Crippen molar-refractivity contribution in [3.8, 4) is 0 Å². The summed E-state index contributed by atoms with van der Waals surface area (Å²) in [6, 6.07) is 23.3. The summed E-state index contributed by atoms with van der Waals surface area (Å²) in [4.78, 5) is 30.7. The fourth-order valence-electron chi connectivity index (χ4n) is 4.09. The van der Waals surface area contributed by atoms with Crippen LogP contribution >= 0.6 is 35.0 Å². The molecule has 1 heterocycles. The Labute approximate surface area is 228 Å². The van der Waals surface area contributed by atoms with Crippen LogP contribution in [0.5, 0.6) is 0 Å². The number of rotatable bonds is 9. The Morgan fingerprint density at radius 1 is 0.946 bits per heavy atom. The molecule has 1 aliphatic rings. The molecule has 1 atom stereocenters. The molecule has 0 amide bonds. The number of nitrogens with one attached hydrogen (secondary N) is 1. The Kier molecular flexibility index (Phi) is 7.51. The van der Waals surface area contributed by atoms with Gasteiger partial charge in [-0.15, -0.1) is 0 Å². The fraction of sp³-hybridized carbons (Fsp3) is 0.138. The molecule has 186 valence electrons. The summed E-state index contributed by atoms with van der Waals surface area (Å²) in [6.45, 7) is 0. The number of carboxylic acids is 1. The summed E-state index contributed by atoms with van der Waals surface area (Å²) in [7, 11) is 0. The predicted molar refractivity (Wildman–Crippen MR) is 147 cm³/mol. The highest BCUT2D eigenvalue weighted by Gasteiger charge is 2.32. The van der Waals surface area contributed by atoms with Crippen LogP contribution in [-0.2, 0) is 0 Å². The molecule has 5 nitrogen and oxygen atoms in total. The number of carboxylic acid groups (broad SMARTS) is 1. The number of hydrogen-bond donors (Lipinski definition) is 2. The van der Waals surface area contributed by atoms with E-state index >= 15 is 0 Å². The van der Waals surface area contributed by atoms with Gasteiger partial charge in [0.05, 0.1) is 28.5 Å². The number of aromatic carboxylic acids is 1. The number of anilines is 1. The minimum atomic E-state index is -1.12. The second kappa shape index (κ2) is 11.0. The molecule has 8 heteroatoms. The largest absolute Gasteiger partial charge is 0.478 e. The van der Waals surface area contributed by atoms with Crippen molar-refractivity contribution >= 4 is 52.4 Å². The van der Waals surface area contributed by atoms with Gasteiger partial charge in [0.1, 0.15) is 5.69 Å². The Bertz CT molecular complexity index is 1460. The molecule has 37 heavy (non-hydrogen) atoms. The molecule has 2 N–H and O–H groups in total. The third-order valence-electron chi connectivity index (χ3n) is 6.17. The highest BCUT2D eigenvalue weighted by atomic mass is 35.5. The number of pyridine rings is 1. The van der Waals surface area contributed by atoms with E-state index in [9.17, 15) is 14.7 Å². The van der Waals surface area contributed by atoms with Crippen molar-refractivity contribution in [3.63, 3.8) is 0 Å². The number of nitrogens with zero attached hydrogens (tertiary/aromatic N) is 1. The Hall–Kier alpha value is -3.32. The maximum absolute atomic E-state index is 13.1. The first kappa shape index (κ1) is 25.3. The molecule has 4 aromatic rings. The first-order chi connectivity index (χ1) is 17.9. The number of carbonyl (C=O) groups excluding carboxylic acids is 1. The summed E-state index contributed by atoms with van der Waals surface area (Å²) in [5.41, 5.74) is 2.49. The zero-order valence-electron chi connectivity index (χ0n) is 19.5. The van der Waals surface area contributed by atoms with Crippen molar-refractivity contribution in [3.05, 3.63) is 117 Å². The van der Waals surface area contributed by atoms with E-state index in [1.54, 1.807) is 30.5 Å². The molecule has 3 aromatic carbocycles. The molecule has 0 radical (unpaired) electrons. The van der Waals surface area contributed by atoms with E-state index in [1.165, 1.54) is 17.8 Å². The zero-order chi connectivity index (χ0) is 25.9. The maximum atomic E-state index is 13.1. The van der Waals surface area contributed by atoms with E-state index < -0.39 is 5.97 Å². The monoisotopic (exact) mass is 548 g/mol. The van der Waals surface area contributed by atoms with E-state index in [0.29, 0.717) is 20.9 Å². The summed E-state index contributed by atoms with van der Waals surface area (Å²) in [5.74, 6) is -0.927. The lowest BCUT2D eigenvalue weighted by Crippen LogP contribution is -2.13. The lowest BCUT2D eigenvalue weighted by molar-refractivity contribution is 0.0693. The standard InChI is InChI=1S/C29H22Cl2N2O3S/c30-20-10-7-18(8-11-20)27(17-5-6-17)33-21-12-13-24(32-16-21)28(34)19-9-14-25(22(15-19)29(35)36)37-26-4-2-1-3-23(26)31/h1-4,7-17,27,33H,5-6H2,(H,35,36). The molecule has 1 fully saturated rings. The molecule has 1 unspecified atom stereocenters. The molecule has 1 saturated carbocycles. The lowest BCUT2D eigenvalue weighted by atomic mass is 10.0. The Morgan fingerprint density at radius 2 is 1.70 bits per heavy atom. The van der Waals surface area contributed by atoms with Gasteiger partial charge in [0.2, 0.25) is 5.78 Å². The van der Waals surface area contributed by atoms with Crippen LogP contribution in [0.3, 0.4) is 0 Å². The van der Waals surface area contributed by atoms with Crippen LogP contribution in [0.1, 0.15) is 50.9 Å². The van der Waals surface area contributed by atoms with Crippen LogP contribution in [0, 0.1) is 5.92 Å². The second-order valence-electron chi connectivity index (χ2n) is 8.82. The van der Waals surface area contributed by atoms with Crippen molar-refractivity contribution in [1.82, 2.24) is 4.98 Å². The minimum Gasteiger partial charge on any atom is -0.478 e. The molecule has 0 saturated heterocycles. The van der Waals surface area contributed by atoms with Crippen LogP contribution in [-0.4, -0.2) is 21.8 Å². The van der Waals surface area contributed by atoms with Crippen molar-refractivity contribution in [2.24, 2.45) is 5.92 Å². The highest BCUT2D eigenvalue weighted by molar-refractivity contribution is 7.99. The van der Waals surface area contributed by atoms with Gasteiger partial charge in [-0.25, -0.2) is 4.79 Å². The van der Waals surface area contributed by atoms with E-state index in [2.05, 4.69) is 10.3 Å². The fourth-order valence-corrected chi connectivity index (χ4v) is 5.41. The second-order valence-corrected chi connectivity index (χ2v) is 10.7. The first-order valence-electron chi connectivity index (χ1n) is 11.7. The number of carbonyl (C=O) groups is 2. The van der Waals surface area contributed by atoms with Gasteiger partial charge in [0.25, 0.3) is 0 Å². The zero-order valence-corrected chi connectivity index (χ0v) is 21.9. The van der Waals surface area contributed by atoms with Gasteiger partial charge in [-0.2, -0.15) is 0 Å². The molecule has 0 bridgehead atoms. The smallest absolute Gasteiger partial charge is 0.336 e. The van der Waals surface area contributed by atoms with Crippen LogP contribution in [0.4, 0.5) is 5.69 Å². The van der Waals surface area contributed by atoms with Gasteiger partial charge in [-0.05, 0) is 78.9 Å². The quantitative estimate of drug-likeness (QED) is 0.206. The number of halogens is 2. The molecule has 1 aromatic heterocycles. The normalized spacial score (nSPS) is 13.7. The average molecular weight is 549 g/mol. The van der Waals surface area contributed by atoms with E-state index in [1.807, 2.05) is 48.5 Å². The van der Waals surface area contributed by atoms with E-state index in [4.69, 9.17) is 23.2 Å². The number of aromatic nitrogens is 1. The van der Waals surface area contributed by atoms with Gasteiger partial charge in [0, 0.05) is 20.4 Å². The highest BCUT2D eigenvalue weighted by Crippen LogP contribution is 2.43. The topological polar surface area (TPSA) is 79.3 Å². The SMILES string of the molecule is O=C(c1ccc(Sc2ccccc2Cl)c(C(=O)O)c1)c1ccc(NC(c2ccc(Cl)cc2)C2CC2)cn1. The van der Waals surface area contributed by atoms with Crippen LogP contribution in [0.2, 0.25) is 10.0 Å². The number of hydrogen-bond acceptors (Lipinski definition) is 5. The van der Waals surface area contributed by atoms with E-state index in [-0.39, 0.29) is 28.6 Å². The molecular weight excluding hydrogens is 527 g/mol. The molecular formula is C29H22Cl2N2O3S. The van der Waals surface area contributed by atoms with Crippen LogP contribution < -0.4 is 5.32 Å². The summed E-state index contributed by atoms with van der Waals surface area (Å²) >= 11 is 13.5. The van der Waals surface area contributed by atoms with Gasteiger partial charge >= 0.3 is 5.97 Å². The van der Waals surface area contributed by atoms with Crippen molar-refractivity contribution < 1.29 is 14.7 Å². The third kappa shape index (κ3) is 5.99. The van der Waals surface area contributed by atoms with Crippen LogP contribution in [0.15, 0.2) is 94.9 Å². The van der Waals surface area contributed by atoms with Gasteiger partial charge in [-0.1, -0.05) is 59.2 Å². The van der Waals surface area contributed by atoms with Crippen LogP contribution in [0.25, 0.3) is 0 Å². The first-order valence-corrected chi connectivity index (χ1v) is 13.3.